The van der Waals surface area contributed by atoms with Crippen LogP contribution in [0.2, 0.25) is 0 Å². The van der Waals surface area contributed by atoms with Gasteiger partial charge in [0.1, 0.15) is 11.9 Å². The topological polar surface area (TPSA) is 86.8 Å². The van der Waals surface area contributed by atoms with Gasteiger partial charge in [-0.1, -0.05) is 79.9 Å². The van der Waals surface area contributed by atoms with Crippen molar-refractivity contribution in [3.05, 3.63) is 102 Å². The van der Waals surface area contributed by atoms with Crippen LogP contribution in [0.1, 0.15) is 56.1 Å². The largest absolute Gasteiger partial charge is 0.352 e. The van der Waals surface area contributed by atoms with Crippen molar-refractivity contribution in [1.82, 2.24) is 14.5 Å². The molecule has 3 aromatic rings. The summed E-state index contributed by atoms with van der Waals surface area (Å²) in [6, 6.07) is 23.0. The summed E-state index contributed by atoms with van der Waals surface area (Å²) in [6.07, 6.45) is 5.77. The molecule has 0 spiro atoms. The third-order valence-corrected chi connectivity index (χ3v) is 9.67. The van der Waals surface area contributed by atoms with E-state index in [9.17, 15) is 22.4 Å². The lowest BCUT2D eigenvalue weighted by Gasteiger charge is -2.33. The zero-order valence-electron chi connectivity index (χ0n) is 24.1. The molecular weight excluding hydrogens is 553 g/mol. The minimum absolute atomic E-state index is 0.0534. The van der Waals surface area contributed by atoms with Crippen LogP contribution >= 0.6 is 0 Å². The van der Waals surface area contributed by atoms with Crippen LogP contribution in [-0.2, 0) is 32.6 Å². The Kier molecular flexibility index (Phi) is 11.3. The van der Waals surface area contributed by atoms with Crippen LogP contribution in [0.3, 0.4) is 0 Å². The lowest BCUT2D eigenvalue weighted by molar-refractivity contribution is -0.141. The van der Waals surface area contributed by atoms with Crippen LogP contribution in [0, 0.1) is 5.82 Å². The Hall–Kier alpha value is -3.56. The Balaban J connectivity index is 1.54. The van der Waals surface area contributed by atoms with Gasteiger partial charge in [0.15, 0.2) is 0 Å². The quantitative estimate of drug-likeness (QED) is 0.291. The zero-order valence-corrected chi connectivity index (χ0v) is 24.9. The summed E-state index contributed by atoms with van der Waals surface area (Å²) in [7, 11) is -2.19. The second-order valence-electron chi connectivity index (χ2n) is 10.9. The van der Waals surface area contributed by atoms with Gasteiger partial charge in [-0.15, -0.1) is 0 Å². The minimum atomic E-state index is -3.69. The van der Waals surface area contributed by atoms with E-state index in [0.717, 1.165) is 37.7 Å². The van der Waals surface area contributed by atoms with Crippen molar-refractivity contribution in [3.8, 4) is 0 Å². The Morgan fingerprint density at radius 1 is 0.881 bits per heavy atom. The predicted molar refractivity (Wildman–Crippen MR) is 161 cm³/mol. The van der Waals surface area contributed by atoms with Crippen molar-refractivity contribution in [2.75, 3.05) is 13.6 Å². The van der Waals surface area contributed by atoms with E-state index >= 15 is 0 Å². The smallest absolute Gasteiger partial charge is 0.243 e. The Morgan fingerprint density at radius 3 is 2.14 bits per heavy atom. The summed E-state index contributed by atoms with van der Waals surface area (Å²) >= 11 is 0. The van der Waals surface area contributed by atoms with E-state index in [2.05, 4.69) is 5.32 Å². The van der Waals surface area contributed by atoms with E-state index in [-0.39, 0.29) is 54.5 Å². The van der Waals surface area contributed by atoms with Crippen molar-refractivity contribution in [2.45, 2.75) is 74.9 Å². The van der Waals surface area contributed by atoms with Crippen molar-refractivity contribution in [1.29, 1.82) is 0 Å². The SMILES string of the molecule is CN(CCCC(=O)N(Cc1ccc(F)cc1)[C@@H](Cc1ccccc1)C(=O)NC1CCCCC1)S(=O)(=O)c1ccccc1. The van der Waals surface area contributed by atoms with E-state index < -0.39 is 16.1 Å². The van der Waals surface area contributed by atoms with Gasteiger partial charge in [0.2, 0.25) is 21.8 Å². The van der Waals surface area contributed by atoms with Gasteiger partial charge in [0.25, 0.3) is 0 Å². The molecule has 7 nitrogen and oxygen atoms in total. The summed E-state index contributed by atoms with van der Waals surface area (Å²) in [5.41, 5.74) is 1.63. The maximum Gasteiger partial charge on any atom is 0.243 e. The van der Waals surface area contributed by atoms with Crippen molar-refractivity contribution >= 4 is 21.8 Å². The molecule has 3 aromatic carbocycles. The number of carbonyl (C=O) groups excluding carboxylic acids is 2. The number of rotatable bonds is 13. The third-order valence-electron chi connectivity index (χ3n) is 7.80. The van der Waals surface area contributed by atoms with E-state index in [1.54, 1.807) is 47.4 Å². The minimum Gasteiger partial charge on any atom is -0.352 e. The maximum absolute atomic E-state index is 13.8. The molecule has 1 aliphatic rings. The van der Waals surface area contributed by atoms with E-state index in [1.807, 2.05) is 30.3 Å². The number of benzene rings is 3. The Labute approximate surface area is 248 Å². The van der Waals surface area contributed by atoms with E-state index in [4.69, 9.17) is 0 Å². The molecule has 0 aliphatic heterocycles. The lowest BCUT2D eigenvalue weighted by Crippen LogP contribution is -2.52. The van der Waals surface area contributed by atoms with Gasteiger partial charge < -0.3 is 10.2 Å². The number of hydrogen-bond acceptors (Lipinski definition) is 4. The molecule has 42 heavy (non-hydrogen) atoms. The molecule has 4 rings (SSSR count). The highest BCUT2D eigenvalue weighted by Crippen LogP contribution is 2.21. The second-order valence-corrected chi connectivity index (χ2v) is 13.0. The number of nitrogens with zero attached hydrogens (tertiary/aromatic N) is 2. The predicted octanol–water partition coefficient (Wildman–Crippen LogP) is 5.32. The van der Waals surface area contributed by atoms with Gasteiger partial charge in [-0.2, -0.15) is 0 Å². The van der Waals surface area contributed by atoms with Crippen LogP contribution in [0.25, 0.3) is 0 Å². The molecule has 1 saturated carbocycles. The highest BCUT2D eigenvalue weighted by atomic mass is 32.2. The van der Waals surface area contributed by atoms with E-state index in [0.29, 0.717) is 12.0 Å². The lowest BCUT2D eigenvalue weighted by atomic mass is 9.94. The molecule has 2 amide bonds. The van der Waals surface area contributed by atoms with Gasteiger partial charge in [-0.3, -0.25) is 9.59 Å². The third kappa shape index (κ3) is 8.72. The molecule has 0 saturated heterocycles. The monoisotopic (exact) mass is 593 g/mol. The molecule has 0 unspecified atom stereocenters. The maximum atomic E-state index is 13.8. The van der Waals surface area contributed by atoms with Gasteiger partial charge in [0, 0.05) is 39.0 Å². The summed E-state index contributed by atoms with van der Waals surface area (Å²) in [5.74, 6) is -0.843. The van der Waals surface area contributed by atoms with Crippen LogP contribution in [0.15, 0.2) is 89.8 Å². The number of halogens is 1. The van der Waals surface area contributed by atoms with Crippen LogP contribution in [0.4, 0.5) is 4.39 Å². The number of carbonyl (C=O) groups is 2. The molecule has 1 N–H and O–H groups in total. The molecule has 1 atom stereocenters. The highest BCUT2D eigenvalue weighted by molar-refractivity contribution is 7.89. The summed E-state index contributed by atoms with van der Waals surface area (Å²) in [4.78, 5) is 29.4. The fourth-order valence-electron chi connectivity index (χ4n) is 5.37. The fraction of sp³-hybridized carbons (Fsp3) is 0.394. The molecular formula is C33H40FN3O4S. The van der Waals surface area contributed by atoms with Gasteiger partial charge in [-0.05, 0) is 54.7 Å². The highest BCUT2D eigenvalue weighted by Gasteiger charge is 2.32. The van der Waals surface area contributed by atoms with Crippen LogP contribution in [-0.4, -0.2) is 55.1 Å². The molecule has 0 heterocycles. The second kappa shape index (κ2) is 15.1. The standard InChI is InChI=1S/C33H40FN3O4S/c1-36(42(40,41)30-16-9-4-10-17-30)23-11-18-32(38)37(25-27-19-21-28(34)22-20-27)31(24-26-12-5-2-6-13-26)33(39)35-29-14-7-3-8-15-29/h2,4-6,9-10,12-13,16-17,19-22,29,31H,3,7-8,11,14-15,18,23-25H2,1H3,(H,35,39)/t31-/m0/s1. The average molecular weight is 594 g/mol. The molecule has 0 aromatic heterocycles. The number of sulfonamides is 1. The molecule has 0 radical (unpaired) electrons. The first kappa shape index (κ1) is 31.4. The number of amides is 2. The fourth-order valence-corrected chi connectivity index (χ4v) is 6.60. The summed E-state index contributed by atoms with van der Waals surface area (Å²) in [5, 5.41) is 3.20. The van der Waals surface area contributed by atoms with Crippen molar-refractivity contribution in [2.24, 2.45) is 0 Å². The first-order valence-corrected chi connectivity index (χ1v) is 16.1. The molecule has 1 fully saturated rings. The molecule has 0 bridgehead atoms. The van der Waals surface area contributed by atoms with Gasteiger partial charge >= 0.3 is 0 Å². The first-order valence-electron chi connectivity index (χ1n) is 14.6. The zero-order chi connectivity index (χ0) is 30.0. The molecule has 1 aliphatic carbocycles. The summed E-state index contributed by atoms with van der Waals surface area (Å²) < 4.78 is 40.8. The number of nitrogens with one attached hydrogen (secondary N) is 1. The van der Waals surface area contributed by atoms with Crippen molar-refractivity contribution in [3.63, 3.8) is 0 Å². The average Bonchev–Trinajstić information content (AvgIpc) is 3.01. The van der Waals surface area contributed by atoms with Gasteiger partial charge in [0.05, 0.1) is 4.90 Å². The molecule has 9 heteroatoms. The first-order chi connectivity index (χ1) is 20.2. The normalized spacial score (nSPS) is 14.8. The number of hydrogen-bond donors (Lipinski definition) is 1. The van der Waals surface area contributed by atoms with E-state index in [1.165, 1.54) is 23.5 Å². The van der Waals surface area contributed by atoms with Crippen LogP contribution < -0.4 is 5.32 Å². The van der Waals surface area contributed by atoms with Gasteiger partial charge in [-0.25, -0.2) is 17.1 Å². The van der Waals surface area contributed by atoms with Crippen LogP contribution in [0.5, 0.6) is 0 Å². The molecule has 224 valence electrons. The van der Waals surface area contributed by atoms with Crippen molar-refractivity contribution < 1.29 is 22.4 Å². The summed E-state index contributed by atoms with van der Waals surface area (Å²) in [6.45, 7) is 0.276. The Bertz CT molecular complexity index is 1400. The Morgan fingerprint density at radius 2 is 1.50 bits per heavy atom.